The Labute approximate surface area is 161 Å². The highest BCUT2D eigenvalue weighted by molar-refractivity contribution is 6.05. The smallest absolute Gasteiger partial charge is 0.343 e. The summed E-state index contributed by atoms with van der Waals surface area (Å²) in [6, 6.07) is 19.0. The Morgan fingerprint density at radius 1 is 0.929 bits per heavy atom. The van der Waals surface area contributed by atoms with Crippen LogP contribution >= 0.6 is 0 Å². The average molecular weight is 378 g/mol. The Morgan fingerprint density at radius 2 is 1.68 bits per heavy atom. The standard InChI is InChI=1S/C21H18N2O5/c1-26-19(24)14-27-16-11-9-15(10-12-16)23-20(25)18-8-5-13-22-21(18)28-17-6-3-2-4-7-17/h2-13H,14H2,1H3,(H,23,25). The molecule has 1 heterocycles. The van der Waals surface area contributed by atoms with Gasteiger partial charge in [-0.2, -0.15) is 0 Å². The SMILES string of the molecule is COC(=O)COc1ccc(NC(=O)c2cccnc2Oc2ccccc2)cc1. The minimum atomic E-state index is -0.472. The van der Waals surface area contributed by atoms with Gasteiger partial charge in [0.05, 0.1) is 7.11 Å². The second-order valence-corrected chi connectivity index (χ2v) is 5.61. The second-order valence-electron chi connectivity index (χ2n) is 5.61. The lowest BCUT2D eigenvalue weighted by Gasteiger charge is -2.11. The van der Waals surface area contributed by atoms with E-state index in [0.717, 1.165) is 0 Å². The molecular weight excluding hydrogens is 360 g/mol. The van der Waals surface area contributed by atoms with Crippen LogP contribution in [0.2, 0.25) is 0 Å². The minimum absolute atomic E-state index is 0.182. The number of benzene rings is 2. The van der Waals surface area contributed by atoms with Crippen molar-refractivity contribution in [2.45, 2.75) is 0 Å². The molecular formula is C21H18N2O5. The summed E-state index contributed by atoms with van der Waals surface area (Å²) in [5, 5.41) is 2.78. The van der Waals surface area contributed by atoms with Gasteiger partial charge in [0.2, 0.25) is 5.88 Å². The molecule has 1 N–H and O–H groups in total. The maximum Gasteiger partial charge on any atom is 0.343 e. The Balaban J connectivity index is 1.67. The predicted octanol–water partition coefficient (Wildman–Crippen LogP) is 3.68. The van der Waals surface area contributed by atoms with Crippen molar-refractivity contribution in [1.29, 1.82) is 0 Å². The average Bonchev–Trinajstić information content (AvgIpc) is 2.74. The molecule has 0 bridgehead atoms. The van der Waals surface area contributed by atoms with Crippen molar-refractivity contribution < 1.29 is 23.8 Å². The number of methoxy groups -OCH3 is 1. The number of carbonyl (C=O) groups is 2. The van der Waals surface area contributed by atoms with Crippen molar-refractivity contribution in [2.24, 2.45) is 0 Å². The van der Waals surface area contributed by atoms with Gasteiger partial charge in [-0.3, -0.25) is 4.79 Å². The van der Waals surface area contributed by atoms with Crippen molar-refractivity contribution in [3.63, 3.8) is 0 Å². The Kier molecular flexibility index (Phi) is 6.20. The van der Waals surface area contributed by atoms with E-state index in [1.54, 1.807) is 54.7 Å². The van der Waals surface area contributed by atoms with E-state index in [1.165, 1.54) is 7.11 Å². The topological polar surface area (TPSA) is 86.8 Å². The summed E-state index contributed by atoms with van der Waals surface area (Å²) in [6.45, 7) is -0.182. The number of nitrogens with zero attached hydrogens (tertiary/aromatic N) is 1. The zero-order valence-electron chi connectivity index (χ0n) is 15.1. The van der Waals surface area contributed by atoms with E-state index in [0.29, 0.717) is 22.7 Å². The van der Waals surface area contributed by atoms with Crippen LogP contribution in [0.15, 0.2) is 72.9 Å². The third-order valence-electron chi connectivity index (χ3n) is 3.67. The van der Waals surface area contributed by atoms with Crippen LogP contribution in [-0.4, -0.2) is 30.6 Å². The number of pyridine rings is 1. The van der Waals surface area contributed by atoms with Gasteiger partial charge >= 0.3 is 5.97 Å². The second kappa shape index (κ2) is 9.18. The molecule has 142 valence electrons. The normalized spacial score (nSPS) is 10.0. The number of nitrogens with one attached hydrogen (secondary N) is 1. The zero-order valence-corrected chi connectivity index (χ0v) is 15.1. The van der Waals surface area contributed by atoms with Crippen LogP contribution in [-0.2, 0) is 9.53 Å². The predicted molar refractivity (Wildman–Crippen MR) is 103 cm³/mol. The van der Waals surface area contributed by atoms with Gasteiger partial charge in [-0.15, -0.1) is 0 Å². The summed E-state index contributed by atoms with van der Waals surface area (Å²) in [7, 11) is 1.29. The lowest BCUT2D eigenvalue weighted by atomic mass is 10.2. The van der Waals surface area contributed by atoms with Crippen LogP contribution in [0.1, 0.15) is 10.4 Å². The number of hydrogen-bond acceptors (Lipinski definition) is 6. The molecule has 3 aromatic rings. The molecule has 0 spiro atoms. The van der Waals surface area contributed by atoms with E-state index < -0.39 is 5.97 Å². The van der Waals surface area contributed by atoms with E-state index in [2.05, 4.69) is 15.0 Å². The molecule has 7 heteroatoms. The summed E-state index contributed by atoms with van der Waals surface area (Å²) >= 11 is 0. The van der Waals surface area contributed by atoms with Crippen molar-refractivity contribution in [3.05, 3.63) is 78.5 Å². The summed E-state index contributed by atoms with van der Waals surface area (Å²) in [5.74, 6) is 0.451. The maximum atomic E-state index is 12.6. The third-order valence-corrected chi connectivity index (χ3v) is 3.67. The molecule has 28 heavy (non-hydrogen) atoms. The van der Waals surface area contributed by atoms with E-state index in [4.69, 9.17) is 9.47 Å². The fourth-order valence-electron chi connectivity index (χ4n) is 2.28. The largest absolute Gasteiger partial charge is 0.482 e. The molecule has 0 fully saturated rings. The minimum Gasteiger partial charge on any atom is -0.482 e. The molecule has 0 radical (unpaired) electrons. The fraction of sp³-hybridized carbons (Fsp3) is 0.0952. The van der Waals surface area contributed by atoms with Gasteiger partial charge < -0.3 is 19.5 Å². The molecule has 0 unspecified atom stereocenters. The first-order valence-electron chi connectivity index (χ1n) is 8.44. The van der Waals surface area contributed by atoms with Gasteiger partial charge in [0, 0.05) is 11.9 Å². The number of para-hydroxylation sites is 1. The third kappa shape index (κ3) is 5.07. The van der Waals surface area contributed by atoms with Gasteiger partial charge in [0.15, 0.2) is 6.61 Å². The molecule has 0 atom stereocenters. The molecule has 0 aliphatic rings. The number of esters is 1. The maximum absolute atomic E-state index is 12.6. The van der Waals surface area contributed by atoms with Crippen molar-refractivity contribution in [1.82, 2.24) is 4.98 Å². The number of hydrogen-bond donors (Lipinski definition) is 1. The number of ether oxygens (including phenoxy) is 3. The summed E-state index contributed by atoms with van der Waals surface area (Å²) < 4.78 is 15.5. The van der Waals surface area contributed by atoms with Crippen molar-refractivity contribution in [2.75, 3.05) is 19.0 Å². The van der Waals surface area contributed by atoms with Gasteiger partial charge in [0.1, 0.15) is 17.1 Å². The quantitative estimate of drug-likeness (QED) is 0.631. The van der Waals surface area contributed by atoms with Crippen LogP contribution in [0.4, 0.5) is 5.69 Å². The number of amides is 1. The van der Waals surface area contributed by atoms with Gasteiger partial charge in [0.25, 0.3) is 5.91 Å². The Bertz CT molecular complexity index is 943. The summed E-state index contributed by atoms with van der Waals surface area (Å²) in [4.78, 5) is 27.9. The molecule has 0 saturated heterocycles. The molecule has 0 aliphatic carbocycles. The van der Waals surface area contributed by atoms with Crippen molar-refractivity contribution in [3.8, 4) is 17.4 Å². The molecule has 7 nitrogen and oxygen atoms in total. The fourth-order valence-corrected chi connectivity index (χ4v) is 2.28. The molecule has 0 saturated carbocycles. The van der Waals surface area contributed by atoms with Gasteiger partial charge in [-0.25, -0.2) is 9.78 Å². The molecule has 2 aromatic carbocycles. The molecule has 0 aliphatic heterocycles. The number of aromatic nitrogens is 1. The molecule has 1 amide bonds. The molecule has 1 aromatic heterocycles. The first kappa shape index (κ1) is 18.9. The highest BCUT2D eigenvalue weighted by atomic mass is 16.6. The number of rotatable bonds is 7. The van der Waals surface area contributed by atoms with Crippen LogP contribution in [0, 0.1) is 0 Å². The summed E-state index contributed by atoms with van der Waals surface area (Å²) in [6.07, 6.45) is 1.56. The highest BCUT2D eigenvalue weighted by Gasteiger charge is 2.14. The first-order valence-corrected chi connectivity index (χ1v) is 8.44. The lowest BCUT2D eigenvalue weighted by Crippen LogP contribution is -2.14. The molecule has 3 rings (SSSR count). The summed E-state index contributed by atoms with van der Waals surface area (Å²) in [5.41, 5.74) is 0.863. The van der Waals surface area contributed by atoms with Crippen LogP contribution in [0.5, 0.6) is 17.4 Å². The van der Waals surface area contributed by atoms with E-state index >= 15 is 0 Å². The monoisotopic (exact) mass is 378 g/mol. The number of carbonyl (C=O) groups excluding carboxylic acids is 2. The van der Waals surface area contributed by atoms with E-state index in [-0.39, 0.29) is 18.4 Å². The number of anilines is 1. The lowest BCUT2D eigenvalue weighted by molar-refractivity contribution is -0.142. The highest BCUT2D eigenvalue weighted by Crippen LogP contribution is 2.24. The van der Waals surface area contributed by atoms with E-state index in [1.807, 2.05) is 18.2 Å². The Hall–Kier alpha value is -3.87. The first-order chi connectivity index (χ1) is 13.7. The van der Waals surface area contributed by atoms with E-state index in [9.17, 15) is 9.59 Å². The van der Waals surface area contributed by atoms with Crippen LogP contribution in [0.3, 0.4) is 0 Å². The van der Waals surface area contributed by atoms with Crippen LogP contribution < -0.4 is 14.8 Å². The van der Waals surface area contributed by atoms with Gasteiger partial charge in [-0.1, -0.05) is 18.2 Å². The van der Waals surface area contributed by atoms with Crippen molar-refractivity contribution >= 4 is 17.6 Å². The van der Waals surface area contributed by atoms with Crippen LogP contribution in [0.25, 0.3) is 0 Å². The zero-order chi connectivity index (χ0) is 19.8. The van der Waals surface area contributed by atoms with Gasteiger partial charge in [-0.05, 0) is 48.5 Å². The Morgan fingerprint density at radius 3 is 2.39 bits per heavy atom.